The van der Waals surface area contributed by atoms with Crippen LogP contribution in [0.25, 0.3) is 0 Å². The highest BCUT2D eigenvalue weighted by Crippen LogP contribution is 2.07. The minimum Gasteiger partial charge on any atom is -0.480 e. The lowest BCUT2D eigenvalue weighted by molar-refractivity contribution is -0.138. The largest absolute Gasteiger partial charge is 0.480 e. The number of nitrogens with zero attached hydrogens (tertiary/aromatic N) is 1. The first-order chi connectivity index (χ1) is 10.5. The Labute approximate surface area is 127 Å². The molecule has 0 bridgehead atoms. The quantitative estimate of drug-likeness (QED) is 0.536. The number of carbonyl (C=O) groups is 2. The maximum atomic E-state index is 12.2. The number of H-pyrrole nitrogens is 1. The molecule has 2 rings (SSSR count). The van der Waals surface area contributed by atoms with Gasteiger partial charge in [-0.25, -0.2) is 4.98 Å². The minimum atomic E-state index is -1.11. The molecule has 116 valence electrons. The Hall–Kier alpha value is -2.51. The third kappa shape index (κ3) is 4.00. The van der Waals surface area contributed by atoms with Gasteiger partial charge in [-0.3, -0.25) is 9.59 Å². The van der Waals surface area contributed by atoms with Gasteiger partial charge in [0.1, 0.15) is 6.04 Å². The fourth-order valence-corrected chi connectivity index (χ4v) is 2.05. The Balaban J connectivity index is 2.00. The van der Waals surface area contributed by atoms with Gasteiger partial charge in [0.15, 0.2) is 5.82 Å². The van der Waals surface area contributed by atoms with Crippen molar-refractivity contribution in [1.29, 1.82) is 0 Å². The SMILES string of the molecule is N[C@@H](Cc1cnc(C(=O)[C@@H](N)Cc2ccccc2)[nH]1)C(=O)O. The summed E-state index contributed by atoms with van der Waals surface area (Å²) in [6.45, 7) is 0. The molecule has 7 heteroatoms. The number of nitrogens with one attached hydrogen (secondary N) is 1. The predicted octanol–water partition coefficient (Wildman–Crippen LogP) is 0.117. The Bertz CT molecular complexity index is 654. The van der Waals surface area contributed by atoms with Crippen LogP contribution in [0, 0.1) is 0 Å². The maximum absolute atomic E-state index is 12.2. The van der Waals surface area contributed by atoms with Crippen molar-refractivity contribution in [3.05, 3.63) is 53.6 Å². The predicted molar refractivity (Wildman–Crippen MR) is 80.4 cm³/mol. The van der Waals surface area contributed by atoms with Gasteiger partial charge in [0.05, 0.1) is 6.04 Å². The lowest BCUT2D eigenvalue weighted by Gasteiger charge is -2.09. The fraction of sp³-hybridized carbons (Fsp3) is 0.267. The van der Waals surface area contributed by atoms with Gasteiger partial charge in [-0.15, -0.1) is 0 Å². The summed E-state index contributed by atoms with van der Waals surface area (Å²) in [6, 6.07) is 7.69. The molecule has 0 aliphatic heterocycles. The number of carboxylic acids is 1. The summed E-state index contributed by atoms with van der Waals surface area (Å²) in [5.41, 5.74) is 12.8. The third-order valence-corrected chi connectivity index (χ3v) is 3.25. The number of carboxylic acid groups (broad SMARTS) is 1. The molecule has 0 amide bonds. The summed E-state index contributed by atoms with van der Waals surface area (Å²) in [7, 11) is 0. The normalized spacial score (nSPS) is 13.5. The summed E-state index contributed by atoms with van der Waals surface area (Å²) >= 11 is 0. The van der Waals surface area contributed by atoms with E-state index in [2.05, 4.69) is 9.97 Å². The van der Waals surface area contributed by atoms with Crippen LogP contribution in [0.4, 0.5) is 0 Å². The number of nitrogens with two attached hydrogens (primary N) is 2. The van der Waals surface area contributed by atoms with Crippen molar-refractivity contribution in [1.82, 2.24) is 9.97 Å². The number of benzene rings is 1. The van der Waals surface area contributed by atoms with E-state index < -0.39 is 18.1 Å². The molecule has 2 atom stereocenters. The zero-order chi connectivity index (χ0) is 16.1. The molecule has 2 aromatic rings. The standard InChI is InChI=1S/C15H18N4O3/c16-11(6-9-4-2-1-3-5-9)13(20)14-18-8-10(19-14)7-12(17)15(21)22/h1-5,8,11-12H,6-7,16-17H2,(H,18,19)(H,21,22)/t11-,12-/m0/s1. The van der Waals surface area contributed by atoms with Crippen LogP contribution in [-0.2, 0) is 17.6 Å². The van der Waals surface area contributed by atoms with Crippen molar-refractivity contribution >= 4 is 11.8 Å². The first-order valence-corrected chi connectivity index (χ1v) is 6.83. The number of ketones is 1. The Morgan fingerprint density at radius 2 is 1.82 bits per heavy atom. The molecular weight excluding hydrogens is 284 g/mol. The Kier molecular flexibility index (Phi) is 5.03. The van der Waals surface area contributed by atoms with Crippen LogP contribution in [0.15, 0.2) is 36.5 Å². The van der Waals surface area contributed by atoms with E-state index >= 15 is 0 Å². The molecule has 0 radical (unpaired) electrons. The number of Topliss-reactive ketones (excluding diaryl/α,β-unsaturated/α-hetero) is 1. The second kappa shape index (κ2) is 6.97. The summed E-state index contributed by atoms with van der Waals surface area (Å²) in [4.78, 5) is 29.7. The van der Waals surface area contributed by atoms with Gasteiger partial charge in [0.2, 0.25) is 5.78 Å². The molecule has 0 saturated carbocycles. The van der Waals surface area contributed by atoms with E-state index in [0.717, 1.165) is 5.56 Å². The fourth-order valence-electron chi connectivity index (χ4n) is 2.05. The second-order valence-electron chi connectivity index (χ2n) is 5.07. The van der Waals surface area contributed by atoms with Crippen molar-refractivity contribution in [2.24, 2.45) is 11.5 Å². The highest BCUT2D eigenvalue weighted by molar-refractivity contribution is 5.97. The smallest absolute Gasteiger partial charge is 0.320 e. The molecule has 6 N–H and O–H groups in total. The molecule has 0 aliphatic rings. The van der Waals surface area contributed by atoms with E-state index in [1.165, 1.54) is 6.20 Å². The molecule has 22 heavy (non-hydrogen) atoms. The molecule has 0 fully saturated rings. The molecule has 1 heterocycles. The first-order valence-electron chi connectivity index (χ1n) is 6.83. The average Bonchev–Trinajstić information content (AvgIpc) is 2.95. The summed E-state index contributed by atoms with van der Waals surface area (Å²) in [6.07, 6.45) is 1.89. The molecular formula is C15H18N4O3. The van der Waals surface area contributed by atoms with E-state index in [9.17, 15) is 9.59 Å². The number of aliphatic carboxylic acids is 1. The van der Waals surface area contributed by atoms with Crippen molar-refractivity contribution in [3.63, 3.8) is 0 Å². The zero-order valence-electron chi connectivity index (χ0n) is 11.9. The van der Waals surface area contributed by atoms with Gasteiger partial charge >= 0.3 is 5.97 Å². The van der Waals surface area contributed by atoms with Gasteiger partial charge < -0.3 is 21.6 Å². The lowest BCUT2D eigenvalue weighted by atomic mass is 10.0. The van der Waals surface area contributed by atoms with E-state index in [4.69, 9.17) is 16.6 Å². The molecule has 0 spiro atoms. The highest BCUT2D eigenvalue weighted by atomic mass is 16.4. The first kappa shape index (κ1) is 15.9. The molecule has 0 unspecified atom stereocenters. The van der Waals surface area contributed by atoms with Crippen LogP contribution >= 0.6 is 0 Å². The number of aromatic amines is 1. The lowest BCUT2D eigenvalue weighted by Crippen LogP contribution is -2.34. The summed E-state index contributed by atoms with van der Waals surface area (Å²) < 4.78 is 0. The molecule has 7 nitrogen and oxygen atoms in total. The van der Waals surface area contributed by atoms with Crippen molar-refractivity contribution < 1.29 is 14.7 Å². The van der Waals surface area contributed by atoms with Gasteiger partial charge in [0, 0.05) is 18.3 Å². The maximum Gasteiger partial charge on any atom is 0.320 e. The van der Waals surface area contributed by atoms with Crippen molar-refractivity contribution in [2.75, 3.05) is 0 Å². The van der Waals surface area contributed by atoms with Crippen LogP contribution in [-0.4, -0.2) is 38.9 Å². The van der Waals surface area contributed by atoms with Crippen LogP contribution < -0.4 is 11.5 Å². The van der Waals surface area contributed by atoms with Crippen LogP contribution in [0.5, 0.6) is 0 Å². The van der Waals surface area contributed by atoms with Gasteiger partial charge in [-0.2, -0.15) is 0 Å². The van der Waals surface area contributed by atoms with Crippen LogP contribution in [0.3, 0.4) is 0 Å². The van der Waals surface area contributed by atoms with E-state index in [1.807, 2.05) is 30.3 Å². The summed E-state index contributed by atoms with van der Waals surface area (Å²) in [5.74, 6) is -1.31. The minimum absolute atomic E-state index is 0.0730. The second-order valence-corrected chi connectivity index (χ2v) is 5.07. The molecule has 1 aromatic carbocycles. The number of imidazole rings is 1. The van der Waals surface area contributed by atoms with E-state index in [-0.39, 0.29) is 18.0 Å². The van der Waals surface area contributed by atoms with Gasteiger partial charge in [-0.1, -0.05) is 30.3 Å². The molecule has 0 aliphatic carbocycles. The average molecular weight is 302 g/mol. The highest BCUT2D eigenvalue weighted by Gasteiger charge is 2.20. The number of hydrogen-bond donors (Lipinski definition) is 4. The van der Waals surface area contributed by atoms with Gasteiger partial charge in [0.25, 0.3) is 0 Å². The third-order valence-electron chi connectivity index (χ3n) is 3.25. The number of hydrogen-bond acceptors (Lipinski definition) is 5. The van der Waals surface area contributed by atoms with Crippen molar-refractivity contribution in [3.8, 4) is 0 Å². The van der Waals surface area contributed by atoms with E-state index in [0.29, 0.717) is 12.1 Å². The monoisotopic (exact) mass is 302 g/mol. The molecule has 0 saturated heterocycles. The Morgan fingerprint density at radius 3 is 2.45 bits per heavy atom. The zero-order valence-corrected chi connectivity index (χ0v) is 11.9. The number of aromatic nitrogens is 2. The molecule has 1 aromatic heterocycles. The Morgan fingerprint density at radius 1 is 1.14 bits per heavy atom. The topological polar surface area (TPSA) is 135 Å². The van der Waals surface area contributed by atoms with Gasteiger partial charge in [-0.05, 0) is 12.0 Å². The van der Waals surface area contributed by atoms with Crippen LogP contribution in [0.1, 0.15) is 21.9 Å². The van der Waals surface area contributed by atoms with Crippen LogP contribution in [0.2, 0.25) is 0 Å². The van der Waals surface area contributed by atoms with E-state index in [1.54, 1.807) is 0 Å². The van der Waals surface area contributed by atoms with Crippen molar-refractivity contribution in [2.45, 2.75) is 24.9 Å². The summed E-state index contributed by atoms with van der Waals surface area (Å²) in [5, 5.41) is 8.77. The number of carbonyl (C=O) groups excluding carboxylic acids is 1. The number of rotatable bonds is 7.